The summed E-state index contributed by atoms with van der Waals surface area (Å²) in [4.78, 5) is 14.2. The van der Waals surface area contributed by atoms with E-state index in [0.717, 1.165) is 19.3 Å². The van der Waals surface area contributed by atoms with Crippen molar-refractivity contribution >= 4 is 6.09 Å². The third-order valence-corrected chi connectivity index (χ3v) is 3.62. The van der Waals surface area contributed by atoms with Crippen molar-refractivity contribution in [2.75, 3.05) is 19.7 Å². The van der Waals surface area contributed by atoms with Crippen LogP contribution in [0.3, 0.4) is 0 Å². The summed E-state index contributed by atoms with van der Waals surface area (Å²) in [5.74, 6) is 0. The minimum atomic E-state index is -0.465. The van der Waals surface area contributed by atoms with Crippen LogP contribution in [0.2, 0.25) is 0 Å². The molecule has 20 heavy (non-hydrogen) atoms. The molecule has 0 bridgehead atoms. The maximum Gasteiger partial charge on any atom is 0.410 e. The Labute approximate surface area is 122 Å². The van der Waals surface area contributed by atoms with Crippen LogP contribution in [0.15, 0.2) is 0 Å². The quantitative estimate of drug-likeness (QED) is 0.813. The minimum Gasteiger partial charge on any atom is -0.444 e. The van der Waals surface area contributed by atoms with Crippen molar-refractivity contribution in [3.8, 4) is 0 Å². The molecule has 0 aliphatic heterocycles. The van der Waals surface area contributed by atoms with E-state index in [1.807, 2.05) is 32.6 Å². The zero-order valence-corrected chi connectivity index (χ0v) is 13.3. The molecule has 1 saturated carbocycles. The number of nitrogens with one attached hydrogen (secondary N) is 1. The molecule has 2 N–H and O–H groups in total. The van der Waals surface area contributed by atoms with Crippen molar-refractivity contribution in [1.29, 1.82) is 0 Å². The predicted octanol–water partition coefficient (Wildman–Crippen LogP) is 2.14. The fraction of sp³-hybridized carbons (Fsp3) is 0.933. The van der Waals surface area contributed by atoms with E-state index < -0.39 is 5.60 Å². The number of hydrogen-bond acceptors (Lipinski definition) is 4. The molecule has 1 aliphatic rings. The van der Waals surface area contributed by atoms with E-state index >= 15 is 0 Å². The molecular formula is C15H30N2O3. The second-order valence-corrected chi connectivity index (χ2v) is 6.40. The molecule has 118 valence electrons. The Balaban J connectivity index is 2.71. The van der Waals surface area contributed by atoms with Gasteiger partial charge in [0.25, 0.3) is 0 Å². The highest BCUT2D eigenvalue weighted by atomic mass is 16.6. The summed E-state index contributed by atoms with van der Waals surface area (Å²) in [7, 11) is 0. The minimum absolute atomic E-state index is 0.127. The number of likely N-dealkylation sites (N-methyl/N-ethyl adjacent to an activating group) is 1. The fourth-order valence-corrected chi connectivity index (χ4v) is 2.79. The van der Waals surface area contributed by atoms with Gasteiger partial charge in [-0.15, -0.1) is 0 Å². The Kier molecular flexibility index (Phi) is 6.76. The Morgan fingerprint density at radius 3 is 2.55 bits per heavy atom. The monoisotopic (exact) mass is 286 g/mol. The van der Waals surface area contributed by atoms with Crippen molar-refractivity contribution in [1.82, 2.24) is 10.2 Å². The number of amides is 1. The third kappa shape index (κ3) is 5.29. The van der Waals surface area contributed by atoms with Crippen LogP contribution in [0, 0.1) is 0 Å². The number of carbonyl (C=O) groups is 1. The highest BCUT2D eigenvalue weighted by molar-refractivity contribution is 5.68. The van der Waals surface area contributed by atoms with E-state index in [1.165, 1.54) is 6.42 Å². The van der Waals surface area contributed by atoms with Gasteiger partial charge in [-0.1, -0.05) is 12.8 Å². The van der Waals surface area contributed by atoms with E-state index in [0.29, 0.717) is 13.1 Å². The second-order valence-electron chi connectivity index (χ2n) is 6.40. The maximum absolute atomic E-state index is 12.3. The Hall–Kier alpha value is -0.810. The molecule has 0 spiro atoms. The lowest BCUT2D eigenvalue weighted by Crippen LogP contribution is -2.55. The zero-order valence-electron chi connectivity index (χ0n) is 13.3. The molecule has 0 unspecified atom stereocenters. The van der Waals surface area contributed by atoms with Gasteiger partial charge < -0.3 is 20.1 Å². The van der Waals surface area contributed by atoms with Crippen molar-refractivity contribution in [2.24, 2.45) is 0 Å². The van der Waals surface area contributed by atoms with Gasteiger partial charge in [0.15, 0.2) is 0 Å². The van der Waals surface area contributed by atoms with E-state index in [9.17, 15) is 4.79 Å². The average molecular weight is 286 g/mol. The third-order valence-electron chi connectivity index (χ3n) is 3.62. The molecule has 1 rings (SSSR count). The summed E-state index contributed by atoms with van der Waals surface area (Å²) in [6.07, 6.45) is 4.12. The number of nitrogens with zero attached hydrogens (tertiary/aromatic N) is 1. The highest BCUT2D eigenvalue weighted by Gasteiger charge is 2.33. The first kappa shape index (κ1) is 17.2. The summed E-state index contributed by atoms with van der Waals surface area (Å²) < 4.78 is 5.51. The smallest absolute Gasteiger partial charge is 0.410 e. The molecule has 2 atom stereocenters. The van der Waals surface area contributed by atoms with Gasteiger partial charge >= 0.3 is 6.09 Å². The molecule has 1 aliphatic carbocycles. The molecule has 0 heterocycles. The van der Waals surface area contributed by atoms with Gasteiger partial charge in [0.1, 0.15) is 5.60 Å². The first-order chi connectivity index (χ1) is 9.39. The van der Waals surface area contributed by atoms with Gasteiger partial charge in [0, 0.05) is 19.1 Å². The molecule has 0 aromatic rings. The summed E-state index contributed by atoms with van der Waals surface area (Å²) in [6, 6.07) is 0.415. The molecular weight excluding hydrogens is 256 g/mol. The first-order valence-corrected chi connectivity index (χ1v) is 7.73. The summed E-state index contributed by atoms with van der Waals surface area (Å²) in [5, 5.41) is 12.3. The topological polar surface area (TPSA) is 61.8 Å². The highest BCUT2D eigenvalue weighted by Crippen LogP contribution is 2.24. The molecule has 0 saturated heterocycles. The first-order valence-electron chi connectivity index (χ1n) is 7.73. The van der Waals surface area contributed by atoms with Gasteiger partial charge in [0.05, 0.1) is 12.6 Å². The fourth-order valence-electron chi connectivity index (χ4n) is 2.79. The van der Waals surface area contributed by atoms with Crippen LogP contribution in [0.25, 0.3) is 0 Å². The lowest BCUT2D eigenvalue weighted by atomic mass is 9.89. The van der Waals surface area contributed by atoms with Crippen LogP contribution in [0.1, 0.15) is 53.4 Å². The van der Waals surface area contributed by atoms with Gasteiger partial charge in [-0.25, -0.2) is 4.79 Å². The Morgan fingerprint density at radius 2 is 2.00 bits per heavy atom. The van der Waals surface area contributed by atoms with Crippen LogP contribution in [0.4, 0.5) is 4.79 Å². The predicted molar refractivity (Wildman–Crippen MR) is 79.7 cm³/mol. The van der Waals surface area contributed by atoms with Gasteiger partial charge in [-0.2, -0.15) is 0 Å². The molecule has 1 amide bonds. The molecule has 1 fully saturated rings. The van der Waals surface area contributed by atoms with Gasteiger partial charge in [-0.05, 0) is 40.5 Å². The number of rotatable bonds is 5. The Morgan fingerprint density at radius 1 is 1.35 bits per heavy atom. The van der Waals surface area contributed by atoms with Crippen molar-refractivity contribution in [2.45, 2.75) is 71.1 Å². The van der Waals surface area contributed by atoms with Crippen molar-refractivity contribution in [3.63, 3.8) is 0 Å². The van der Waals surface area contributed by atoms with Crippen LogP contribution < -0.4 is 5.32 Å². The van der Waals surface area contributed by atoms with E-state index in [1.54, 1.807) is 0 Å². The van der Waals surface area contributed by atoms with Crippen LogP contribution >= 0.6 is 0 Å². The lowest BCUT2D eigenvalue weighted by molar-refractivity contribution is 0.00892. The average Bonchev–Trinajstić information content (AvgIpc) is 2.36. The van der Waals surface area contributed by atoms with E-state index in [2.05, 4.69) is 5.32 Å². The van der Waals surface area contributed by atoms with E-state index in [-0.39, 0.29) is 24.8 Å². The number of hydrogen-bond donors (Lipinski definition) is 2. The second kappa shape index (κ2) is 7.84. The lowest BCUT2D eigenvalue weighted by Gasteiger charge is -2.40. The normalized spacial score (nSPS) is 23.4. The summed E-state index contributed by atoms with van der Waals surface area (Å²) in [5.41, 5.74) is -0.465. The number of ether oxygens (including phenoxy) is 1. The van der Waals surface area contributed by atoms with Gasteiger partial charge in [0.2, 0.25) is 0 Å². The zero-order chi connectivity index (χ0) is 15.2. The standard InChI is InChI=1S/C15H30N2O3/c1-5-17(14(19)20-15(2,3)4)13-9-7-6-8-12(13)16-10-11-18/h12-13,16,18H,5-11H2,1-4H3/t12-,13-/m0/s1. The van der Waals surface area contributed by atoms with Crippen LogP contribution in [-0.4, -0.2) is 53.5 Å². The molecule has 5 nitrogen and oxygen atoms in total. The summed E-state index contributed by atoms with van der Waals surface area (Å²) >= 11 is 0. The SMILES string of the molecule is CCN(C(=O)OC(C)(C)C)[C@H]1CCCC[C@@H]1NCCO. The molecule has 5 heteroatoms. The van der Waals surface area contributed by atoms with Crippen LogP contribution in [0.5, 0.6) is 0 Å². The number of aliphatic hydroxyl groups excluding tert-OH is 1. The van der Waals surface area contributed by atoms with Gasteiger partial charge in [-0.3, -0.25) is 0 Å². The number of aliphatic hydroxyl groups is 1. The molecule has 0 aromatic heterocycles. The van der Waals surface area contributed by atoms with Crippen molar-refractivity contribution in [3.05, 3.63) is 0 Å². The summed E-state index contributed by atoms with van der Waals surface area (Å²) in [6.45, 7) is 9.01. The number of carbonyl (C=O) groups excluding carboxylic acids is 1. The van der Waals surface area contributed by atoms with Crippen LogP contribution in [-0.2, 0) is 4.74 Å². The Bertz CT molecular complexity index is 302. The van der Waals surface area contributed by atoms with Crippen molar-refractivity contribution < 1.29 is 14.6 Å². The molecule has 0 aromatic carbocycles. The maximum atomic E-state index is 12.3. The largest absolute Gasteiger partial charge is 0.444 e. The molecule has 0 radical (unpaired) electrons. The van der Waals surface area contributed by atoms with E-state index in [4.69, 9.17) is 9.84 Å².